The molecular weight excluding hydrogens is 420 g/mol. The molecule has 0 radical (unpaired) electrons. The first kappa shape index (κ1) is 17.2. The zero-order chi connectivity index (χ0) is 18.3. The van der Waals surface area contributed by atoms with Crippen molar-refractivity contribution < 1.29 is 19.0 Å². The van der Waals surface area contributed by atoms with Gasteiger partial charge < -0.3 is 14.2 Å². The molecule has 0 atom stereocenters. The number of methoxy groups -OCH3 is 1. The Bertz CT molecular complexity index is 1020. The monoisotopic (exact) mass is 434 g/mol. The number of rotatable bonds is 3. The minimum atomic E-state index is -0.195. The van der Waals surface area contributed by atoms with Crippen molar-refractivity contribution in [3.05, 3.63) is 40.4 Å². The van der Waals surface area contributed by atoms with Gasteiger partial charge in [0.25, 0.3) is 5.91 Å². The number of fused-ring (bicyclic) bond motifs is 2. The topological polar surface area (TPSA) is 62.6 Å². The van der Waals surface area contributed by atoms with Gasteiger partial charge in [-0.2, -0.15) is 0 Å². The third kappa shape index (κ3) is 2.83. The number of carbonyl (C=O) groups is 1. The molecule has 1 aromatic heterocycles. The molecule has 0 aliphatic carbocycles. The molecule has 0 saturated heterocycles. The molecule has 4 rings (SSSR count). The maximum atomic E-state index is 13.3. The van der Waals surface area contributed by atoms with E-state index in [9.17, 15) is 4.79 Å². The van der Waals surface area contributed by atoms with Gasteiger partial charge in [0, 0.05) is 16.6 Å². The summed E-state index contributed by atoms with van der Waals surface area (Å²) in [6.45, 7) is 0.988. The molecule has 3 aromatic rings. The minimum absolute atomic E-state index is 0.195. The summed E-state index contributed by atoms with van der Waals surface area (Å²) in [4.78, 5) is 17.9. The molecule has 2 aromatic carbocycles. The molecule has 0 amide bonds. The van der Waals surface area contributed by atoms with Gasteiger partial charge in [-0.1, -0.05) is 11.8 Å². The highest BCUT2D eigenvalue weighted by molar-refractivity contribution is 9.10. The number of thioether (sulfide) groups is 1. The lowest BCUT2D eigenvalue weighted by atomic mass is 10.2. The molecule has 134 valence electrons. The summed E-state index contributed by atoms with van der Waals surface area (Å²) in [7, 11) is 1.57. The highest BCUT2D eigenvalue weighted by atomic mass is 79.9. The van der Waals surface area contributed by atoms with Crippen LogP contribution in [0.4, 0.5) is 0 Å². The number of ether oxygens (including phenoxy) is 3. The predicted octanol–water partition coefficient (Wildman–Crippen LogP) is 3.99. The normalized spacial score (nSPS) is 13.0. The van der Waals surface area contributed by atoms with Crippen molar-refractivity contribution in [2.24, 2.45) is 0 Å². The third-order valence-corrected chi connectivity index (χ3v) is 5.41. The van der Waals surface area contributed by atoms with Crippen molar-refractivity contribution >= 4 is 44.6 Å². The lowest BCUT2D eigenvalue weighted by Crippen LogP contribution is -2.16. The van der Waals surface area contributed by atoms with Gasteiger partial charge in [-0.15, -0.1) is 0 Å². The number of halogens is 1. The zero-order valence-electron chi connectivity index (χ0n) is 14.1. The standard InChI is InChI=1S/C18H15BrN2O4S/c1-23-10-3-4-12(19)11(7-10)17(22)21-14-9-16-15(24-5-6-25-16)8-13(14)20-18(21)26-2/h3-4,7-9H,5-6H2,1-2H3. The Balaban J connectivity index is 1.91. The Hall–Kier alpha value is -2.19. The van der Waals surface area contributed by atoms with E-state index in [1.165, 1.54) is 11.8 Å². The number of nitrogens with zero attached hydrogens (tertiary/aromatic N) is 2. The summed E-state index contributed by atoms with van der Waals surface area (Å²) < 4.78 is 18.8. The van der Waals surface area contributed by atoms with Gasteiger partial charge in [-0.25, -0.2) is 4.98 Å². The molecule has 1 aliphatic rings. The van der Waals surface area contributed by atoms with Crippen LogP contribution in [0.1, 0.15) is 10.4 Å². The number of carbonyl (C=O) groups excluding carboxylic acids is 1. The van der Waals surface area contributed by atoms with Crippen LogP contribution in [0.25, 0.3) is 11.0 Å². The van der Waals surface area contributed by atoms with E-state index in [1.54, 1.807) is 29.9 Å². The highest BCUT2D eigenvalue weighted by Gasteiger charge is 2.23. The number of hydrogen-bond donors (Lipinski definition) is 0. The lowest BCUT2D eigenvalue weighted by Gasteiger charge is -2.18. The summed E-state index contributed by atoms with van der Waals surface area (Å²) in [6.07, 6.45) is 1.89. The lowest BCUT2D eigenvalue weighted by molar-refractivity contribution is 0.0954. The average Bonchev–Trinajstić information content (AvgIpc) is 3.03. The Morgan fingerprint density at radius 3 is 2.65 bits per heavy atom. The molecule has 2 heterocycles. The van der Waals surface area contributed by atoms with E-state index in [0.717, 1.165) is 0 Å². The van der Waals surface area contributed by atoms with Crippen molar-refractivity contribution in [2.75, 3.05) is 26.6 Å². The van der Waals surface area contributed by atoms with Gasteiger partial charge in [0.05, 0.1) is 23.7 Å². The first-order chi connectivity index (χ1) is 12.6. The van der Waals surface area contributed by atoms with Crippen LogP contribution in [-0.4, -0.2) is 42.0 Å². The highest BCUT2D eigenvalue weighted by Crippen LogP contribution is 2.36. The van der Waals surface area contributed by atoms with Crippen LogP contribution in [0, 0.1) is 0 Å². The Morgan fingerprint density at radius 1 is 1.23 bits per heavy atom. The maximum Gasteiger partial charge on any atom is 0.265 e. The van der Waals surface area contributed by atoms with E-state index >= 15 is 0 Å². The molecule has 1 aliphatic heterocycles. The largest absolute Gasteiger partial charge is 0.497 e. The maximum absolute atomic E-state index is 13.3. The Morgan fingerprint density at radius 2 is 1.96 bits per heavy atom. The molecule has 0 unspecified atom stereocenters. The second-order valence-electron chi connectivity index (χ2n) is 5.57. The van der Waals surface area contributed by atoms with Gasteiger partial charge in [0.1, 0.15) is 19.0 Å². The van der Waals surface area contributed by atoms with E-state index in [-0.39, 0.29) is 5.91 Å². The van der Waals surface area contributed by atoms with Crippen LogP contribution in [0.2, 0.25) is 0 Å². The fourth-order valence-electron chi connectivity index (χ4n) is 2.84. The van der Waals surface area contributed by atoms with Crippen LogP contribution in [-0.2, 0) is 0 Å². The van der Waals surface area contributed by atoms with Crippen LogP contribution < -0.4 is 14.2 Å². The van der Waals surface area contributed by atoms with E-state index in [2.05, 4.69) is 20.9 Å². The first-order valence-electron chi connectivity index (χ1n) is 7.86. The van der Waals surface area contributed by atoms with Gasteiger partial charge in [-0.3, -0.25) is 9.36 Å². The van der Waals surface area contributed by atoms with Gasteiger partial charge in [0.15, 0.2) is 16.7 Å². The first-order valence-corrected chi connectivity index (χ1v) is 9.88. The molecule has 0 bridgehead atoms. The summed E-state index contributed by atoms with van der Waals surface area (Å²) in [5, 5.41) is 0.599. The molecule has 6 nitrogen and oxygen atoms in total. The Labute approximate surface area is 162 Å². The fraction of sp³-hybridized carbons (Fsp3) is 0.222. The molecule has 8 heteroatoms. The second kappa shape index (κ2) is 6.85. The van der Waals surface area contributed by atoms with Crippen LogP contribution in [0.5, 0.6) is 17.2 Å². The summed E-state index contributed by atoms with van der Waals surface area (Å²) in [5.41, 5.74) is 1.86. The van der Waals surface area contributed by atoms with Crippen molar-refractivity contribution in [2.45, 2.75) is 5.16 Å². The van der Waals surface area contributed by atoms with Crippen molar-refractivity contribution in [3.8, 4) is 17.2 Å². The van der Waals surface area contributed by atoms with Crippen molar-refractivity contribution in [3.63, 3.8) is 0 Å². The molecule has 0 spiro atoms. The molecular formula is C18H15BrN2O4S. The molecule has 26 heavy (non-hydrogen) atoms. The van der Waals surface area contributed by atoms with Crippen LogP contribution in [0.15, 0.2) is 40.0 Å². The molecule has 0 saturated carbocycles. The Kier molecular flexibility index (Phi) is 4.54. The van der Waals surface area contributed by atoms with Crippen molar-refractivity contribution in [1.29, 1.82) is 0 Å². The summed E-state index contributed by atoms with van der Waals surface area (Å²) in [5.74, 6) is 1.69. The average molecular weight is 435 g/mol. The quantitative estimate of drug-likeness (QED) is 0.580. The van der Waals surface area contributed by atoms with E-state index in [4.69, 9.17) is 14.2 Å². The van der Waals surface area contributed by atoms with Gasteiger partial charge >= 0.3 is 0 Å². The van der Waals surface area contributed by atoms with Gasteiger partial charge in [0.2, 0.25) is 0 Å². The van der Waals surface area contributed by atoms with Crippen molar-refractivity contribution in [1.82, 2.24) is 9.55 Å². The number of aromatic nitrogens is 2. The predicted molar refractivity (Wildman–Crippen MR) is 103 cm³/mol. The third-order valence-electron chi connectivity index (χ3n) is 4.08. The van der Waals surface area contributed by atoms with E-state index in [1.807, 2.05) is 18.4 Å². The molecule has 0 fully saturated rings. The number of benzene rings is 2. The van der Waals surface area contributed by atoms with Crippen LogP contribution >= 0.6 is 27.7 Å². The van der Waals surface area contributed by atoms with E-state index in [0.29, 0.717) is 56.7 Å². The van der Waals surface area contributed by atoms with E-state index < -0.39 is 0 Å². The van der Waals surface area contributed by atoms with Gasteiger partial charge in [-0.05, 0) is 40.4 Å². The SMILES string of the molecule is COc1ccc(Br)c(C(=O)n2c(SC)nc3cc4c(cc32)OCCO4)c1. The molecule has 0 N–H and O–H groups in total. The van der Waals surface area contributed by atoms with Crippen LogP contribution in [0.3, 0.4) is 0 Å². The summed E-state index contributed by atoms with van der Waals surface area (Å²) >= 11 is 4.86. The second-order valence-corrected chi connectivity index (χ2v) is 7.20. The smallest absolute Gasteiger partial charge is 0.265 e. The minimum Gasteiger partial charge on any atom is -0.497 e. The zero-order valence-corrected chi connectivity index (χ0v) is 16.5. The fourth-order valence-corrected chi connectivity index (χ4v) is 3.81. The number of imidazole rings is 1. The summed E-state index contributed by atoms with van der Waals surface area (Å²) in [6, 6.07) is 8.92. The number of hydrogen-bond acceptors (Lipinski definition) is 6.